The maximum atomic E-state index is 12.4. The SMILES string of the molecule is O=C1N(CCC(F)(F)F)C(c2ccsc2)NC12CC2. The average molecular weight is 290 g/mol. The summed E-state index contributed by atoms with van der Waals surface area (Å²) in [4.78, 5) is 13.5. The number of thiophene rings is 1. The first-order chi connectivity index (χ1) is 8.91. The number of hydrogen-bond acceptors (Lipinski definition) is 3. The normalized spacial score (nSPS) is 25.3. The van der Waals surface area contributed by atoms with Gasteiger partial charge in [0.25, 0.3) is 0 Å². The number of halogens is 3. The zero-order valence-electron chi connectivity index (χ0n) is 10.0. The highest BCUT2D eigenvalue weighted by Gasteiger charge is 2.59. The van der Waals surface area contributed by atoms with Gasteiger partial charge in [0.1, 0.15) is 11.7 Å². The largest absolute Gasteiger partial charge is 0.390 e. The molecule has 0 bridgehead atoms. The molecule has 1 N–H and O–H groups in total. The first-order valence-electron chi connectivity index (χ1n) is 6.09. The van der Waals surface area contributed by atoms with Crippen molar-refractivity contribution in [3.63, 3.8) is 0 Å². The van der Waals surface area contributed by atoms with Crippen LogP contribution in [0.1, 0.15) is 31.0 Å². The van der Waals surface area contributed by atoms with Crippen molar-refractivity contribution in [2.45, 2.75) is 37.1 Å². The molecule has 1 saturated carbocycles. The molecule has 104 valence electrons. The molecule has 1 spiro atoms. The summed E-state index contributed by atoms with van der Waals surface area (Å²) in [5, 5.41) is 6.93. The summed E-state index contributed by atoms with van der Waals surface area (Å²) < 4.78 is 37.1. The fraction of sp³-hybridized carbons (Fsp3) is 0.583. The van der Waals surface area contributed by atoms with E-state index in [1.807, 2.05) is 16.8 Å². The molecular weight excluding hydrogens is 277 g/mol. The van der Waals surface area contributed by atoms with Crippen molar-refractivity contribution in [3.8, 4) is 0 Å². The Morgan fingerprint density at radius 3 is 2.74 bits per heavy atom. The molecule has 2 fully saturated rings. The van der Waals surface area contributed by atoms with Gasteiger partial charge < -0.3 is 4.90 Å². The quantitative estimate of drug-likeness (QED) is 0.928. The van der Waals surface area contributed by atoms with Crippen LogP contribution in [-0.4, -0.2) is 29.1 Å². The molecule has 1 amide bonds. The third kappa shape index (κ3) is 2.36. The lowest BCUT2D eigenvalue weighted by molar-refractivity contribution is -0.145. The summed E-state index contributed by atoms with van der Waals surface area (Å²) in [5.41, 5.74) is 0.280. The van der Waals surface area contributed by atoms with Gasteiger partial charge in [-0.1, -0.05) is 0 Å². The van der Waals surface area contributed by atoms with Gasteiger partial charge >= 0.3 is 6.18 Å². The molecule has 1 aromatic heterocycles. The zero-order chi connectivity index (χ0) is 13.7. The molecule has 2 heterocycles. The maximum Gasteiger partial charge on any atom is 0.390 e. The molecule has 1 aromatic rings. The topological polar surface area (TPSA) is 32.3 Å². The summed E-state index contributed by atoms with van der Waals surface area (Å²) in [5.74, 6) is -0.187. The van der Waals surface area contributed by atoms with Crippen molar-refractivity contribution in [1.29, 1.82) is 0 Å². The van der Waals surface area contributed by atoms with E-state index in [0.29, 0.717) is 0 Å². The van der Waals surface area contributed by atoms with Gasteiger partial charge in [0.05, 0.1) is 6.42 Å². The molecule has 1 saturated heterocycles. The minimum atomic E-state index is -4.24. The second-order valence-electron chi connectivity index (χ2n) is 5.05. The molecule has 0 radical (unpaired) electrons. The molecule has 3 nitrogen and oxygen atoms in total. The van der Waals surface area contributed by atoms with E-state index in [2.05, 4.69) is 5.32 Å². The fourth-order valence-electron chi connectivity index (χ4n) is 2.45. The van der Waals surface area contributed by atoms with Gasteiger partial charge in [0.15, 0.2) is 0 Å². The van der Waals surface area contributed by atoms with Gasteiger partial charge in [0, 0.05) is 6.54 Å². The van der Waals surface area contributed by atoms with Crippen LogP contribution in [-0.2, 0) is 4.79 Å². The molecule has 3 rings (SSSR count). The van der Waals surface area contributed by atoms with Crippen LogP contribution < -0.4 is 5.32 Å². The van der Waals surface area contributed by atoms with Crippen LogP contribution in [0.5, 0.6) is 0 Å². The van der Waals surface area contributed by atoms with Crippen LogP contribution in [0.2, 0.25) is 0 Å². The zero-order valence-corrected chi connectivity index (χ0v) is 10.9. The van der Waals surface area contributed by atoms with E-state index < -0.39 is 24.3 Å². The Kier molecular flexibility index (Phi) is 2.86. The van der Waals surface area contributed by atoms with Crippen molar-refractivity contribution in [2.75, 3.05) is 6.54 Å². The maximum absolute atomic E-state index is 12.4. The minimum absolute atomic E-state index is 0.187. The molecule has 1 aliphatic carbocycles. The van der Waals surface area contributed by atoms with Crippen molar-refractivity contribution < 1.29 is 18.0 Å². The molecule has 1 unspecified atom stereocenters. The number of nitrogens with zero attached hydrogens (tertiary/aromatic N) is 1. The second kappa shape index (κ2) is 4.21. The van der Waals surface area contributed by atoms with E-state index in [0.717, 1.165) is 18.4 Å². The number of amides is 1. The smallest absolute Gasteiger partial charge is 0.321 e. The van der Waals surface area contributed by atoms with E-state index >= 15 is 0 Å². The van der Waals surface area contributed by atoms with Crippen molar-refractivity contribution >= 4 is 17.2 Å². The van der Waals surface area contributed by atoms with Gasteiger partial charge in [-0.3, -0.25) is 10.1 Å². The number of rotatable bonds is 3. The number of carbonyl (C=O) groups excluding carboxylic acids is 1. The molecule has 19 heavy (non-hydrogen) atoms. The molecule has 0 aromatic carbocycles. The lowest BCUT2D eigenvalue weighted by Crippen LogP contribution is -2.34. The summed E-state index contributed by atoms with van der Waals surface area (Å²) in [6, 6.07) is 1.84. The van der Waals surface area contributed by atoms with Crippen molar-refractivity contribution in [2.24, 2.45) is 0 Å². The van der Waals surface area contributed by atoms with Crippen molar-refractivity contribution in [3.05, 3.63) is 22.4 Å². The predicted molar refractivity (Wildman–Crippen MR) is 64.5 cm³/mol. The van der Waals surface area contributed by atoms with Crippen LogP contribution >= 0.6 is 11.3 Å². The van der Waals surface area contributed by atoms with Crippen LogP contribution in [0, 0.1) is 0 Å². The Balaban J connectivity index is 1.79. The third-order valence-corrected chi connectivity index (χ3v) is 4.34. The molecule has 1 atom stereocenters. The highest BCUT2D eigenvalue weighted by Crippen LogP contribution is 2.46. The standard InChI is InChI=1S/C12H13F3N2OS/c13-12(14,15)4-5-17-9(8-1-6-19-7-8)16-11(2-3-11)10(17)18/h1,6-7,9,16H,2-5H2. The Morgan fingerprint density at radius 1 is 1.47 bits per heavy atom. The number of alkyl halides is 3. The lowest BCUT2D eigenvalue weighted by atomic mass is 10.2. The monoisotopic (exact) mass is 290 g/mol. The van der Waals surface area contributed by atoms with Gasteiger partial charge in [-0.15, -0.1) is 0 Å². The Bertz CT molecular complexity index is 482. The van der Waals surface area contributed by atoms with Crippen molar-refractivity contribution in [1.82, 2.24) is 10.2 Å². The first kappa shape index (κ1) is 12.9. The average Bonchev–Trinajstić information content (AvgIpc) is 2.81. The van der Waals surface area contributed by atoms with Gasteiger partial charge in [-0.05, 0) is 35.2 Å². The number of hydrogen-bond donors (Lipinski definition) is 1. The third-order valence-electron chi connectivity index (χ3n) is 3.64. The van der Waals surface area contributed by atoms with E-state index in [1.54, 1.807) is 0 Å². The minimum Gasteiger partial charge on any atom is -0.321 e. The Morgan fingerprint density at radius 2 is 2.21 bits per heavy atom. The Hall–Kier alpha value is -1.08. The second-order valence-corrected chi connectivity index (χ2v) is 5.83. The summed E-state index contributed by atoms with van der Waals surface area (Å²) >= 11 is 1.47. The molecule has 2 aliphatic rings. The summed E-state index contributed by atoms with van der Waals surface area (Å²) in [6.07, 6.45) is -4.18. The van der Waals surface area contributed by atoms with E-state index in [4.69, 9.17) is 0 Å². The van der Waals surface area contributed by atoms with Crippen LogP contribution in [0.3, 0.4) is 0 Å². The van der Waals surface area contributed by atoms with E-state index in [9.17, 15) is 18.0 Å². The molecule has 7 heteroatoms. The van der Waals surface area contributed by atoms with E-state index in [-0.39, 0.29) is 12.5 Å². The highest BCUT2D eigenvalue weighted by atomic mass is 32.1. The predicted octanol–water partition coefficient (Wildman–Crippen LogP) is 2.66. The fourth-order valence-corrected chi connectivity index (χ4v) is 3.13. The Labute approximate surface area is 112 Å². The van der Waals surface area contributed by atoms with Gasteiger partial charge in [-0.25, -0.2) is 0 Å². The van der Waals surface area contributed by atoms with Crippen LogP contribution in [0.4, 0.5) is 13.2 Å². The number of carbonyl (C=O) groups is 1. The molecule has 1 aliphatic heterocycles. The summed E-state index contributed by atoms with van der Waals surface area (Å²) in [7, 11) is 0. The number of nitrogens with one attached hydrogen (secondary N) is 1. The molecular formula is C12H13F3N2OS. The van der Waals surface area contributed by atoms with Crippen LogP contribution in [0.15, 0.2) is 16.8 Å². The van der Waals surface area contributed by atoms with E-state index in [1.165, 1.54) is 16.2 Å². The van der Waals surface area contributed by atoms with Gasteiger partial charge in [-0.2, -0.15) is 24.5 Å². The lowest BCUT2D eigenvalue weighted by Gasteiger charge is -2.24. The van der Waals surface area contributed by atoms with Gasteiger partial charge in [0.2, 0.25) is 5.91 Å². The summed E-state index contributed by atoms with van der Waals surface area (Å²) in [6.45, 7) is -0.280. The van der Waals surface area contributed by atoms with Crippen LogP contribution in [0.25, 0.3) is 0 Å². The first-order valence-corrected chi connectivity index (χ1v) is 7.03. The highest BCUT2D eigenvalue weighted by molar-refractivity contribution is 7.07.